The van der Waals surface area contributed by atoms with Crippen LogP contribution < -0.4 is 0 Å². The summed E-state index contributed by atoms with van der Waals surface area (Å²) in [5.41, 5.74) is 2.96. The van der Waals surface area contributed by atoms with E-state index >= 15 is 0 Å². The summed E-state index contributed by atoms with van der Waals surface area (Å²) in [5.74, 6) is 0.986. The van der Waals surface area contributed by atoms with Crippen LogP contribution in [0.2, 0.25) is 0 Å². The predicted octanol–water partition coefficient (Wildman–Crippen LogP) is 3.94. The maximum atomic E-state index is 9.54. The molecular formula is C15H26O. The summed E-state index contributed by atoms with van der Waals surface area (Å²) in [6.07, 6.45) is 6.93. The molecule has 0 saturated heterocycles. The van der Waals surface area contributed by atoms with Gasteiger partial charge in [-0.3, -0.25) is 0 Å². The van der Waals surface area contributed by atoms with Gasteiger partial charge in [0.25, 0.3) is 0 Å². The lowest BCUT2D eigenvalue weighted by molar-refractivity contribution is 0.0758. The van der Waals surface area contributed by atoms with Crippen molar-refractivity contribution in [2.45, 2.75) is 47.5 Å². The van der Waals surface area contributed by atoms with Gasteiger partial charge in [-0.05, 0) is 44.9 Å². The van der Waals surface area contributed by atoms with Crippen molar-refractivity contribution in [2.75, 3.05) is 6.61 Å². The number of hydrogen-bond acceptors (Lipinski definition) is 1. The normalized spacial score (nSPS) is 28.5. The number of aliphatic hydroxyl groups is 1. The van der Waals surface area contributed by atoms with Gasteiger partial charge in [0.15, 0.2) is 0 Å². The van der Waals surface area contributed by atoms with Crippen LogP contribution in [0, 0.1) is 17.3 Å². The largest absolute Gasteiger partial charge is 0.396 e. The van der Waals surface area contributed by atoms with Crippen LogP contribution in [0.5, 0.6) is 0 Å². The van der Waals surface area contributed by atoms with Crippen LogP contribution in [0.25, 0.3) is 0 Å². The minimum atomic E-state index is 0.208. The standard InChI is InChI=1S/C15H26O/c1-11(2)6-8-13-9-7-12(3)14(10-16)15(13,4)5/h6-7,13-14,16H,8-10H2,1-5H3. The molecule has 0 aromatic carbocycles. The summed E-state index contributed by atoms with van der Waals surface area (Å²) in [7, 11) is 0. The molecule has 1 aliphatic rings. The number of aliphatic hydroxyl groups excluding tert-OH is 1. The molecule has 0 amide bonds. The van der Waals surface area contributed by atoms with Crippen molar-refractivity contribution < 1.29 is 5.11 Å². The quantitative estimate of drug-likeness (QED) is 0.717. The van der Waals surface area contributed by atoms with Crippen LogP contribution in [0.4, 0.5) is 0 Å². The van der Waals surface area contributed by atoms with Crippen LogP contribution >= 0.6 is 0 Å². The SMILES string of the molecule is CC(C)=CCC1CC=C(C)C(CO)C1(C)C. The zero-order valence-corrected chi connectivity index (χ0v) is 11.4. The van der Waals surface area contributed by atoms with E-state index in [0.29, 0.717) is 11.8 Å². The first-order chi connectivity index (χ1) is 7.39. The molecule has 0 fully saturated rings. The third-order valence-electron chi connectivity index (χ3n) is 4.22. The monoisotopic (exact) mass is 222 g/mol. The highest BCUT2D eigenvalue weighted by Gasteiger charge is 2.39. The van der Waals surface area contributed by atoms with Gasteiger partial charge in [0.05, 0.1) is 6.61 Å². The second-order valence-electron chi connectivity index (χ2n) is 5.95. The Balaban J connectivity index is 2.85. The second kappa shape index (κ2) is 5.18. The summed E-state index contributed by atoms with van der Waals surface area (Å²) in [6, 6.07) is 0. The average Bonchev–Trinajstić information content (AvgIpc) is 2.15. The average molecular weight is 222 g/mol. The molecule has 0 saturated carbocycles. The fourth-order valence-corrected chi connectivity index (χ4v) is 2.80. The minimum Gasteiger partial charge on any atom is -0.396 e. The van der Waals surface area contributed by atoms with Crippen molar-refractivity contribution in [1.29, 1.82) is 0 Å². The lowest BCUT2D eigenvalue weighted by atomic mass is 9.61. The summed E-state index contributed by atoms with van der Waals surface area (Å²) in [6.45, 7) is 11.3. The van der Waals surface area contributed by atoms with E-state index in [2.05, 4.69) is 46.8 Å². The molecule has 0 aromatic rings. The van der Waals surface area contributed by atoms with Crippen LogP contribution in [0.1, 0.15) is 47.5 Å². The Hall–Kier alpha value is -0.560. The maximum Gasteiger partial charge on any atom is 0.0501 e. The molecule has 1 N–H and O–H groups in total. The van der Waals surface area contributed by atoms with Crippen molar-refractivity contribution in [2.24, 2.45) is 17.3 Å². The Morgan fingerprint density at radius 1 is 1.50 bits per heavy atom. The molecular weight excluding hydrogens is 196 g/mol. The lowest BCUT2D eigenvalue weighted by Gasteiger charge is -2.44. The molecule has 1 rings (SSSR count). The molecule has 16 heavy (non-hydrogen) atoms. The van der Waals surface area contributed by atoms with Gasteiger partial charge in [-0.1, -0.05) is 37.1 Å². The minimum absolute atomic E-state index is 0.208. The first-order valence-electron chi connectivity index (χ1n) is 6.30. The Morgan fingerprint density at radius 3 is 2.62 bits per heavy atom. The molecule has 0 radical (unpaired) electrons. The van der Waals surface area contributed by atoms with Gasteiger partial charge >= 0.3 is 0 Å². The summed E-state index contributed by atoms with van der Waals surface area (Å²) in [4.78, 5) is 0. The number of rotatable bonds is 3. The second-order valence-corrected chi connectivity index (χ2v) is 5.95. The van der Waals surface area contributed by atoms with E-state index in [0.717, 1.165) is 12.8 Å². The highest BCUT2D eigenvalue weighted by Crippen LogP contribution is 2.46. The third kappa shape index (κ3) is 2.76. The van der Waals surface area contributed by atoms with E-state index in [9.17, 15) is 5.11 Å². The van der Waals surface area contributed by atoms with E-state index in [1.165, 1.54) is 11.1 Å². The summed E-state index contributed by atoms with van der Waals surface area (Å²) >= 11 is 0. The first-order valence-corrected chi connectivity index (χ1v) is 6.30. The van der Waals surface area contributed by atoms with Gasteiger partial charge in [0.2, 0.25) is 0 Å². The molecule has 0 spiro atoms. The first kappa shape index (κ1) is 13.5. The number of hydrogen-bond donors (Lipinski definition) is 1. The van der Waals surface area contributed by atoms with Gasteiger partial charge in [0, 0.05) is 5.92 Å². The Morgan fingerprint density at radius 2 is 2.12 bits per heavy atom. The highest BCUT2D eigenvalue weighted by atomic mass is 16.3. The van der Waals surface area contributed by atoms with Gasteiger partial charge in [0.1, 0.15) is 0 Å². The highest BCUT2D eigenvalue weighted by molar-refractivity contribution is 5.15. The van der Waals surface area contributed by atoms with Gasteiger partial charge < -0.3 is 5.11 Å². The van der Waals surface area contributed by atoms with Crippen molar-refractivity contribution in [1.82, 2.24) is 0 Å². The molecule has 2 atom stereocenters. The van der Waals surface area contributed by atoms with Gasteiger partial charge in [-0.2, -0.15) is 0 Å². The zero-order valence-electron chi connectivity index (χ0n) is 11.4. The van der Waals surface area contributed by atoms with Crippen molar-refractivity contribution in [3.63, 3.8) is 0 Å². The van der Waals surface area contributed by atoms with E-state index < -0.39 is 0 Å². The Bertz CT molecular complexity index is 293. The van der Waals surface area contributed by atoms with E-state index in [4.69, 9.17) is 0 Å². The van der Waals surface area contributed by atoms with E-state index in [1.807, 2.05) is 0 Å². The molecule has 0 heterocycles. The van der Waals surface area contributed by atoms with E-state index in [1.54, 1.807) is 0 Å². The molecule has 0 bridgehead atoms. The van der Waals surface area contributed by atoms with Crippen molar-refractivity contribution in [3.8, 4) is 0 Å². The summed E-state index contributed by atoms with van der Waals surface area (Å²) < 4.78 is 0. The number of allylic oxidation sites excluding steroid dienone is 3. The third-order valence-corrected chi connectivity index (χ3v) is 4.22. The van der Waals surface area contributed by atoms with Crippen molar-refractivity contribution >= 4 is 0 Å². The Kier molecular flexibility index (Phi) is 4.37. The van der Waals surface area contributed by atoms with Crippen LogP contribution in [-0.2, 0) is 0 Å². The molecule has 0 aromatic heterocycles. The van der Waals surface area contributed by atoms with Crippen LogP contribution in [0.15, 0.2) is 23.3 Å². The molecule has 1 heteroatoms. The fraction of sp³-hybridized carbons (Fsp3) is 0.733. The Labute approximate surface area is 100 Å². The fourth-order valence-electron chi connectivity index (χ4n) is 2.80. The smallest absolute Gasteiger partial charge is 0.0501 e. The van der Waals surface area contributed by atoms with E-state index in [-0.39, 0.29) is 12.0 Å². The molecule has 1 aliphatic carbocycles. The maximum absolute atomic E-state index is 9.54. The molecule has 1 nitrogen and oxygen atoms in total. The lowest BCUT2D eigenvalue weighted by Crippen LogP contribution is -2.37. The van der Waals surface area contributed by atoms with Gasteiger partial charge in [-0.25, -0.2) is 0 Å². The van der Waals surface area contributed by atoms with Crippen LogP contribution in [0.3, 0.4) is 0 Å². The molecule has 0 aliphatic heterocycles. The predicted molar refractivity (Wildman–Crippen MR) is 70.3 cm³/mol. The topological polar surface area (TPSA) is 20.2 Å². The summed E-state index contributed by atoms with van der Waals surface area (Å²) in [5, 5.41) is 9.54. The molecule has 92 valence electrons. The zero-order chi connectivity index (χ0) is 12.3. The molecule has 2 unspecified atom stereocenters. The van der Waals surface area contributed by atoms with Crippen LogP contribution in [-0.4, -0.2) is 11.7 Å². The van der Waals surface area contributed by atoms with Gasteiger partial charge in [-0.15, -0.1) is 0 Å². The van der Waals surface area contributed by atoms with Crippen molar-refractivity contribution in [3.05, 3.63) is 23.3 Å².